The Bertz CT molecular complexity index is 442. The highest BCUT2D eigenvalue weighted by Gasteiger charge is 2.22. The lowest BCUT2D eigenvalue weighted by molar-refractivity contribution is 0.124. The summed E-state index contributed by atoms with van der Waals surface area (Å²) in [5.41, 5.74) is 1.12. The topological polar surface area (TPSA) is 61.8 Å². The number of para-hydroxylation sites is 1. The normalized spacial score (nSPS) is 18.2. The van der Waals surface area contributed by atoms with Gasteiger partial charge in [0.25, 0.3) is 0 Å². The van der Waals surface area contributed by atoms with E-state index in [0.29, 0.717) is 26.2 Å². The standard InChI is InChI=1S/C14H20N2O3.ClH/c1-11-4-2-3-5-13(11)19-9-6-12-10-16(14(17)18)8-7-15-12;/h2-5,12,15H,6-10H2,1H3,(H,17,18);1H/t12-;/m1./s1. The van der Waals surface area contributed by atoms with E-state index >= 15 is 0 Å². The van der Waals surface area contributed by atoms with Gasteiger partial charge < -0.3 is 20.1 Å². The molecule has 112 valence electrons. The van der Waals surface area contributed by atoms with Crippen LogP contribution in [-0.2, 0) is 0 Å². The molecular formula is C14H21ClN2O3. The highest BCUT2D eigenvalue weighted by molar-refractivity contribution is 5.85. The zero-order valence-electron chi connectivity index (χ0n) is 11.5. The van der Waals surface area contributed by atoms with Crippen molar-refractivity contribution in [3.8, 4) is 5.75 Å². The monoisotopic (exact) mass is 300 g/mol. The van der Waals surface area contributed by atoms with Gasteiger partial charge in [-0.2, -0.15) is 0 Å². The number of nitrogens with zero attached hydrogens (tertiary/aromatic N) is 1. The third-order valence-electron chi connectivity index (χ3n) is 3.34. The van der Waals surface area contributed by atoms with Gasteiger partial charge in [-0.05, 0) is 25.0 Å². The highest BCUT2D eigenvalue weighted by atomic mass is 35.5. The molecule has 1 heterocycles. The van der Waals surface area contributed by atoms with E-state index in [1.807, 2.05) is 31.2 Å². The predicted octanol–water partition coefficient (Wildman–Crippen LogP) is 2.14. The fourth-order valence-electron chi connectivity index (χ4n) is 2.22. The van der Waals surface area contributed by atoms with Crippen LogP contribution in [0.25, 0.3) is 0 Å². The summed E-state index contributed by atoms with van der Waals surface area (Å²) in [6, 6.07) is 8.07. The number of halogens is 1. The number of hydrogen-bond acceptors (Lipinski definition) is 3. The predicted molar refractivity (Wildman–Crippen MR) is 79.9 cm³/mol. The number of nitrogens with one attached hydrogen (secondary N) is 1. The van der Waals surface area contributed by atoms with E-state index in [2.05, 4.69) is 5.32 Å². The Balaban J connectivity index is 0.00000200. The van der Waals surface area contributed by atoms with Crippen LogP contribution in [0.4, 0.5) is 4.79 Å². The Kier molecular flexibility index (Phi) is 6.61. The SMILES string of the molecule is Cc1ccccc1OCC[C@@H]1CN(C(=O)O)CCN1.Cl. The first kappa shape index (κ1) is 16.6. The number of ether oxygens (including phenoxy) is 1. The van der Waals surface area contributed by atoms with E-state index in [1.54, 1.807) is 0 Å². The summed E-state index contributed by atoms with van der Waals surface area (Å²) >= 11 is 0. The zero-order valence-corrected chi connectivity index (χ0v) is 12.4. The Labute approximate surface area is 125 Å². The van der Waals surface area contributed by atoms with Crippen LogP contribution < -0.4 is 10.1 Å². The Hall–Kier alpha value is -1.46. The fourth-order valence-corrected chi connectivity index (χ4v) is 2.22. The van der Waals surface area contributed by atoms with Gasteiger partial charge in [0, 0.05) is 25.7 Å². The average molecular weight is 301 g/mol. The minimum atomic E-state index is -0.841. The van der Waals surface area contributed by atoms with Gasteiger partial charge in [-0.1, -0.05) is 18.2 Å². The van der Waals surface area contributed by atoms with Crippen molar-refractivity contribution in [2.24, 2.45) is 0 Å². The second-order valence-electron chi connectivity index (χ2n) is 4.78. The molecule has 0 radical (unpaired) electrons. The molecule has 5 nitrogen and oxygen atoms in total. The number of rotatable bonds is 4. The molecule has 1 fully saturated rings. The molecule has 1 atom stereocenters. The van der Waals surface area contributed by atoms with Crippen LogP contribution in [0.1, 0.15) is 12.0 Å². The van der Waals surface area contributed by atoms with Crippen molar-refractivity contribution in [2.45, 2.75) is 19.4 Å². The number of aryl methyl sites for hydroxylation is 1. The van der Waals surface area contributed by atoms with Crippen molar-refractivity contribution in [2.75, 3.05) is 26.2 Å². The average Bonchev–Trinajstić information content (AvgIpc) is 2.41. The Morgan fingerprint density at radius 3 is 2.95 bits per heavy atom. The van der Waals surface area contributed by atoms with E-state index in [9.17, 15) is 4.79 Å². The maximum absolute atomic E-state index is 10.9. The van der Waals surface area contributed by atoms with Crippen LogP contribution >= 0.6 is 12.4 Å². The van der Waals surface area contributed by atoms with Gasteiger partial charge in [0.2, 0.25) is 0 Å². The molecule has 1 aliphatic heterocycles. The summed E-state index contributed by atoms with van der Waals surface area (Å²) in [5, 5.41) is 12.3. The fraction of sp³-hybridized carbons (Fsp3) is 0.500. The lowest BCUT2D eigenvalue weighted by Crippen LogP contribution is -2.52. The molecule has 1 aromatic carbocycles. The van der Waals surface area contributed by atoms with E-state index < -0.39 is 6.09 Å². The molecule has 1 aromatic rings. The van der Waals surface area contributed by atoms with Crippen LogP contribution in [0.15, 0.2) is 24.3 Å². The van der Waals surface area contributed by atoms with Crippen molar-refractivity contribution in [3.63, 3.8) is 0 Å². The molecule has 0 bridgehead atoms. The third-order valence-corrected chi connectivity index (χ3v) is 3.34. The van der Waals surface area contributed by atoms with Crippen molar-refractivity contribution < 1.29 is 14.6 Å². The molecule has 0 saturated carbocycles. The van der Waals surface area contributed by atoms with Crippen LogP contribution in [0.2, 0.25) is 0 Å². The summed E-state index contributed by atoms with van der Waals surface area (Å²) in [6.07, 6.45) is -0.0377. The largest absolute Gasteiger partial charge is 0.493 e. The zero-order chi connectivity index (χ0) is 13.7. The first-order valence-corrected chi connectivity index (χ1v) is 6.56. The molecule has 0 aromatic heterocycles. The van der Waals surface area contributed by atoms with Crippen LogP contribution in [-0.4, -0.2) is 48.4 Å². The summed E-state index contributed by atoms with van der Waals surface area (Å²) in [4.78, 5) is 12.4. The quantitative estimate of drug-likeness (QED) is 0.894. The van der Waals surface area contributed by atoms with Crippen LogP contribution in [0.5, 0.6) is 5.75 Å². The van der Waals surface area contributed by atoms with Gasteiger partial charge in [0.05, 0.1) is 6.61 Å². The lowest BCUT2D eigenvalue weighted by Gasteiger charge is -2.31. The minimum absolute atomic E-state index is 0. The number of piperazine rings is 1. The van der Waals surface area contributed by atoms with Gasteiger partial charge in [0.1, 0.15) is 5.75 Å². The van der Waals surface area contributed by atoms with Gasteiger partial charge in [0.15, 0.2) is 0 Å². The molecule has 6 heteroatoms. The van der Waals surface area contributed by atoms with Gasteiger partial charge >= 0.3 is 6.09 Å². The van der Waals surface area contributed by atoms with Crippen molar-refractivity contribution >= 4 is 18.5 Å². The second-order valence-corrected chi connectivity index (χ2v) is 4.78. The molecule has 20 heavy (non-hydrogen) atoms. The van der Waals surface area contributed by atoms with Gasteiger partial charge in [-0.3, -0.25) is 0 Å². The lowest BCUT2D eigenvalue weighted by atomic mass is 10.1. The van der Waals surface area contributed by atoms with E-state index in [1.165, 1.54) is 4.90 Å². The second kappa shape index (κ2) is 7.97. The molecule has 1 amide bonds. The number of amides is 1. The maximum Gasteiger partial charge on any atom is 0.407 e. The Morgan fingerprint density at radius 2 is 2.25 bits per heavy atom. The molecule has 1 aliphatic rings. The van der Waals surface area contributed by atoms with Crippen molar-refractivity contribution in [1.82, 2.24) is 10.2 Å². The van der Waals surface area contributed by atoms with Crippen LogP contribution in [0, 0.1) is 6.92 Å². The highest BCUT2D eigenvalue weighted by Crippen LogP contribution is 2.16. The number of hydrogen-bond donors (Lipinski definition) is 2. The van der Waals surface area contributed by atoms with Gasteiger partial charge in [-0.15, -0.1) is 12.4 Å². The molecule has 0 spiro atoms. The van der Waals surface area contributed by atoms with Crippen LogP contribution in [0.3, 0.4) is 0 Å². The van der Waals surface area contributed by atoms with E-state index in [-0.39, 0.29) is 18.4 Å². The summed E-state index contributed by atoms with van der Waals surface area (Å²) in [7, 11) is 0. The molecule has 2 N–H and O–H groups in total. The van der Waals surface area contributed by atoms with E-state index in [0.717, 1.165) is 17.7 Å². The molecular weight excluding hydrogens is 280 g/mol. The van der Waals surface area contributed by atoms with Gasteiger partial charge in [-0.25, -0.2) is 4.79 Å². The van der Waals surface area contributed by atoms with Crippen molar-refractivity contribution in [1.29, 1.82) is 0 Å². The molecule has 0 unspecified atom stereocenters. The number of benzene rings is 1. The smallest absolute Gasteiger partial charge is 0.407 e. The summed E-state index contributed by atoms with van der Waals surface area (Å²) in [5.74, 6) is 0.897. The molecule has 2 rings (SSSR count). The van der Waals surface area contributed by atoms with Crippen molar-refractivity contribution in [3.05, 3.63) is 29.8 Å². The first-order chi connectivity index (χ1) is 9.16. The summed E-state index contributed by atoms with van der Waals surface area (Å²) < 4.78 is 5.73. The number of carbonyl (C=O) groups is 1. The van der Waals surface area contributed by atoms with E-state index in [4.69, 9.17) is 9.84 Å². The Morgan fingerprint density at radius 1 is 1.50 bits per heavy atom. The maximum atomic E-state index is 10.9. The first-order valence-electron chi connectivity index (χ1n) is 6.56. The molecule has 1 saturated heterocycles. The minimum Gasteiger partial charge on any atom is -0.493 e. The molecule has 0 aliphatic carbocycles. The number of carboxylic acid groups (broad SMARTS) is 1. The summed E-state index contributed by atoms with van der Waals surface area (Å²) in [6.45, 7) is 4.41. The third kappa shape index (κ3) is 4.58.